The third-order valence-corrected chi connectivity index (χ3v) is 2.47. The van der Waals surface area contributed by atoms with E-state index in [1.807, 2.05) is 13.8 Å². The molecule has 98 valence electrons. The molecular formula is C14H17ClO3. The van der Waals surface area contributed by atoms with E-state index < -0.39 is 5.79 Å². The van der Waals surface area contributed by atoms with Crippen LogP contribution in [-0.2, 0) is 9.47 Å². The van der Waals surface area contributed by atoms with Crippen LogP contribution in [0.25, 0.3) is 0 Å². The van der Waals surface area contributed by atoms with E-state index in [9.17, 15) is 0 Å². The summed E-state index contributed by atoms with van der Waals surface area (Å²) in [5, 5.41) is 0.653. The summed E-state index contributed by atoms with van der Waals surface area (Å²) >= 11 is 5.79. The van der Waals surface area contributed by atoms with Crippen molar-refractivity contribution in [3.8, 4) is 18.1 Å². The van der Waals surface area contributed by atoms with Crippen LogP contribution in [0.5, 0.6) is 5.75 Å². The van der Waals surface area contributed by atoms with Crippen LogP contribution in [-0.4, -0.2) is 25.6 Å². The molecule has 0 aromatic heterocycles. The molecular weight excluding hydrogens is 252 g/mol. The highest BCUT2D eigenvalue weighted by molar-refractivity contribution is 6.30. The molecule has 0 fully saturated rings. The number of halogens is 1. The number of rotatable bonds is 7. The van der Waals surface area contributed by atoms with Crippen molar-refractivity contribution in [3.05, 3.63) is 29.3 Å². The van der Waals surface area contributed by atoms with E-state index >= 15 is 0 Å². The van der Waals surface area contributed by atoms with E-state index in [1.165, 1.54) is 0 Å². The molecule has 0 radical (unpaired) electrons. The van der Waals surface area contributed by atoms with Crippen molar-refractivity contribution in [2.24, 2.45) is 0 Å². The lowest BCUT2D eigenvalue weighted by Crippen LogP contribution is -2.40. The summed E-state index contributed by atoms with van der Waals surface area (Å²) in [4.78, 5) is 0. The van der Waals surface area contributed by atoms with Crippen LogP contribution >= 0.6 is 11.6 Å². The standard InChI is InChI=1S/C14H17ClO3/c1-4-14(17-5-2,18-6-3)11-16-13-9-7-12(15)8-10-13/h1,7-10H,5-6,11H2,2-3H3. The molecule has 0 heterocycles. The van der Waals surface area contributed by atoms with E-state index in [2.05, 4.69) is 5.92 Å². The van der Waals surface area contributed by atoms with Gasteiger partial charge in [0.15, 0.2) is 6.61 Å². The summed E-state index contributed by atoms with van der Waals surface area (Å²) in [6, 6.07) is 7.02. The van der Waals surface area contributed by atoms with Crippen molar-refractivity contribution in [3.63, 3.8) is 0 Å². The lowest BCUT2D eigenvalue weighted by atomic mass is 10.3. The second kappa shape index (κ2) is 7.27. The zero-order valence-electron chi connectivity index (χ0n) is 10.6. The molecule has 1 rings (SSSR count). The van der Waals surface area contributed by atoms with Gasteiger partial charge in [-0.15, -0.1) is 6.42 Å². The van der Waals surface area contributed by atoms with Crippen LogP contribution in [0.15, 0.2) is 24.3 Å². The first-order chi connectivity index (χ1) is 8.65. The number of benzene rings is 1. The zero-order valence-corrected chi connectivity index (χ0v) is 11.4. The van der Waals surface area contributed by atoms with Gasteiger partial charge in [0.05, 0.1) is 0 Å². The lowest BCUT2D eigenvalue weighted by molar-refractivity contribution is -0.207. The Hall–Kier alpha value is -1.21. The number of hydrogen-bond donors (Lipinski definition) is 0. The fourth-order valence-corrected chi connectivity index (χ4v) is 1.55. The van der Waals surface area contributed by atoms with Crippen molar-refractivity contribution >= 4 is 11.6 Å². The molecule has 0 aliphatic carbocycles. The molecule has 1 aromatic rings. The van der Waals surface area contributed by atoms with Crippen molar-refractivity contribution in [1.82, 2.24) is 0 Å². The van der Waals surface area contributed by atoms with Gasteiger partial charge >= 0.3 is 0 Å². The van der Waals surface area contributed by atoms with E-state index in [0.717, 1.165) is 0 Å². The molecule has 0 N–H and O–H groups in total. The minimum atomic E-state index is -1.14. The Bertz CT molecular complexity index is 388. The highest BCUT2D eigenvalue weighted by Crippen LogP contribution is 2.19. The van der Waals surface area contributed by atoms with Gasteiger partial charge in [0.1, 0.15) is 5.75 Å². The van der Waals surface area contributed by atoms with E-state index in [-0.39, 0.29) is 6.61 Å². The molecule has 0 aliphatic heterocycles. The van der Waals surface area contributed by atoms with E-state index in [1.54, 1.807) is 24.3 Å². The molecule has 0 spiro atoms. The SMILES string of the molecule is C#CC(COc1ccc(Cl)cc1)(OCC)OCC. The molecule has 18 heavy (non-hydrogen) atoms. The zero-order chi connectivity index (χ0) is 13.4. The van der Waals surface area contributed by atoms with Crippen molar-refractivity contribution in [2.45, 2.75) is 19.6 Å². The maximum absolute atomic E-state index is 5.79. The molecule has 0 amide bonds. The summed E-state index contributed by atoms with van der Waals surface area (Å²) < 4.78 is 16.5. The Morgan fingerprint density at radius 1 is 1.17 bits per heavy atom. The highest BCUT2D eigenvalue weighted by atomic mass is 35.5. The lowest BCUT2D eigenvalue weighted by Gasteiger charge is -2.27. The number of hydrogen-bond acceptors (Lipinski definition) is 3. The van der Waals surface area contributed by atoms with Gasteiger partial charge < -0.3 is 14.2 Å². The average Bonchev–Trinajstić information content (AvgIpc) is 2.38. The molecule has 0 aliphatic rings. The molecule has 0 saturated heterocycles. The Labute approximate surface area is 113 Å². The molecule has 0 bridgehead atoms. The first-order valence-corrected chi connectivity index (χ1v) is 6.17. The predicted molar refractivity (Wildman–Crippen MR) is 71.8 cm³/mol. The second-order valence-electron chi connectivity index (χ2n) is 3.51. The van der Waals surface area contributed by atoms with E-state index in [0.29, 0.717) is 24.0 Å². The van der Waals surface area contributed by atoms with Gasteiger partial charge in [0.2, 0.25) is 0 Å². The monoisotopic (exact) mass is 268 g/mol. The number of ether oxygens (including phenoxy) is 3. The predicted octanol–water partition coefficient (Wildman–Crippen LogP) is 3.12. The van der Waals surface area contributed by atoms with Crippen LogP contribution in [0.2, 0.25) is 5.02 Å². The molecule has 0 unspecified atom stereocenters. The molecule has 3 nitrogen and oxygen atoms in total. The Morgan fingerprint density at radius 3 is 2.17 bits per heavy atom. The third kappa shape index (κ3) is 4.23. The minimum absolute atomic E-state index is 0.132. The minimum Gasteiger partial charge on any atom is -0.487 e. The fourth-order valence-electron chi connectivity index (χ4n) is 1.43. The van der Waals surface area contributed by atoms with Gasteiger partial charge in [-0.3, -0.25) is 0 Å². The summed E-state index contributed by atoms with van der Waals surface area (Å²) in [5.41, 5.74) is 0. The van der Waals surface area contributed by atoms with Gasteiger partial charge in [0, 0.05) is 18.2 Å². The van der Waals surface area contributed by atoms with Gasteiger partial charge in [-0.2, -0.15) is 0 Å². The van der Waals surface area contributed by atoms with Crippen LogP contribution in [0, 0.1) is 12.3 Å². The van der Waals surface area contributed by atoms with Gasteiger partial charge in [-0.25, -0.2) is 0 Å². The maximum Gasteiger partial charge on any atom is 0.268 e. The van der Waals surface area contributed by atoms with Crippen molar-refractivity contribution < 1.29 is 14.2 Å². The first kappa shape index (κ1) is 14.8. The van der Waals surface area contributed by atoms with Crippen LogP contribution in [0.4, 0.5) is 0 Å². The average molecular weight is 269 g/mol. The molecule has 0 saturated carbocycles. The van der Waals surface area contributed by atoms with Crippen molar-refractivity contribution in [1.29, 1.82) is 0 Å². The van der Waals surface area contributed by atoms with E-state index in [4.69, 9.17) is 32.2 Å². The number of terminal acetylenes is 1. The fraction of sp³-hybridized carbons (Fsp3) is 0.429. The van der Waals surface area contributed by atoms with Crippen LogP contribution in [0.3, 0.4) is 0 Å². The third-order valence-electron chi connectivity index (χ3n) is 2.22. The molecule has 4 heteroatoms. The largest absolute Gasteiger partial charge is 0.487 e. The Morgan fingerprint density at radius 2 is 1.72 bits per heavy atom. The molecule has 0 atom stereocenters. The van der Waals surface area contributed by atoms with Crippen LogP contribution < -0.4 is 4.74 Å². The van der Waals surface area contributed by atoms with Gasteiger partial charge in [0.25, 0.3) is 5.79 Å². The Kier molecular flexibility index (Phi) is 6.00. The molecule has 1 aromatic carbocycles. The summed E-state index contributed by atoms with van der Waals surface area (Å²) in [6.45, 7) is 4.75. The summed E-state index contributed by atoms with van der Waals surface area (Å²) in [5.74, 6) is 2.03. The first-order valence-electron chi connectivity index (χ1n) is 5.80. The normalized spacial score (nSPS) is 11.0. The van der Waals surface area contributed by atoms with Crippen molar-refractivity contribution in [2.75, 3.05) is 19.8 Å². The van der Waals surface area contributed by atoms with Crippen LogP contribution in [0.1, 0.15) is 13.8 Å². The van der Waals surface area contributed by atoms with Gasteiger partial charge in [-0.1, -0.05) is 11.6 Å². The van der Waals surface area contributed by atoms with Gasteiger partial charge in [-0.05, 0) is 44.0 Å². The summed E-state index contributed by atoms with van der Waals surface area (Å²) in [7, 11) is 0. The summed E-state index contributed by atoms with van der Waals surface area (Å²) in [6.07, 6.45) is 5.47. The Balaban J connectivity index is 2.67. The quantitative estimate of drug-likeness (QED) is 0.562. The maximum atomic E-state index is 5.79. The topological polar surface area (TPSA) is 27.7 Å². The smallest absolute Gasteiger partial charge is 0.268 e. The highest BCUT2D eigenvalue weighted by Gasteiger charge is 2.30. The second-order valence-corrected chi connectivity index (χ2v) is 3.94.